The lowest BCUT2D eigenvalue weighted by Gasteiger charge is -2.13. The van der Waals surface area contributed by atoms with Crippen molar-refractivity contribution < 1.29 is 23.8 Å². The van der Waals surface area contributed by atoms with Gasteiger partial charge in [-0.2, -0.15) is 0 Å². The van der Waals surface area contributed by atoms with Crippen molar-refractivity contribution in [2.45, 2.75) is 0 Å². The molecule has 0 unspecified atom stereocenters. The first-order chi connectivity index (χ1) is 13.2. The first-order valence-electron chi connectivity index (χ1n) is 8.28. The molecule has 3 rings (SSSR count). The van der Waals surface area contributed by atoms with E-state index in [1.807, 2.05) is 30.3 Å². The van der Waals surface area contributed by atoms with Crippen molar-refractivity contribution in [2.75, 3.05) is 26.1 Å². The molecule has 3 aromatic rings. The van der Waals surface area contributed by atoms with E-state index in [1.165, 1.54) is 7.11 Å². The fourth-order valence-electron chi connectivity index (χ4n) is 2.75. The van der Waals surface area contributed by atoms with Gasteiger partial charge in [0.25, 0.3) is 5.91 Å². The molecule has 0 atom stereocenters. The number of benzene rings is 3. The van der Waals surface area contributed by atoms with E-state index in [0.717, 1.165) is 17.1 Å². The Balaban J connectivity index is 1.73. The lowest BCUT2D eigenvalue weighted by Crippen LogP contribution is -2.21. The van der Waals surface area contributed by atoms with E-state index in [0.29, 0.717) is 28.5 Å². The molecule has 0 fully saturated rings. The van der Waals surface area contributed by atoms with Crippen LogP contribution < -0.4 is 19.5 Å². The molecule has 0 radical (unpaired) electrons. The van der Waals surface area contributed by atoms with Gasteiger partial charge in [0.2, 0.25) is 0 Å². The van der Waals surface area contributed by atoms with E-state index in [2.05, 4.69) is 5.32 Å². The van der Waals surface area contributed by atoms with Gasteiger partial charge in [-0.15, -0.1) is 0 Å². The van der Waals surface area contributed by atoms with Crippen molar-refractivity contribution in [2.24, 2.45) is 0 Å². The van der Waals surface area contributed by atoms with Crippen LogP contribution in [0.15, 0.2) is 54.6 Å². The van der Waals surface area contributed by atoms with E-state index in [1.54, 1.807) is 31.4 Å². The fraction of sp³-hybridized carbons (Fsp3) is 0.143. The average molecular weight is 365 g/mol. The van der Waals surface area contributed by atoms with Crippen LogP contribution in [0.3, 0.4) is 0 Å². The second-order valence-corrected chi connectivity index (χ2v) is 5.72. The molecule has 0 heterocycles. The summed E-state index contributed by atoms with van der Waals surface area (Å²) in [4.78, 5) is 23.8. The number of fused-ring (bicyclic) bond motifs is 1. The van der Waals surface area contributed by atoms with E-state index in [-0.39, 0.29) is 12.5 Å². The van der Waals surface area contributed by atoms with Crippen LogP contribution in [0.5, 0.6) is 17.2 Å². The zero-order valence-corrected chi connectivity index (χ0v) is 15.0. The molecule has 0 spiro atoms. The van der Waals surface area contributed by atoms with Gasteiger partial charge in [-0.1, -0.05) is 30.3 Å². The maximum atomic E-state index is 12.3. The zero-order chi connectivity index (χ0) is 19.2. The Kier molecular flexibility index (Phi) is 5.56. The molecule has 1 amide bonds. The molecular weight excluding hydrogens is 346 g/mol. The highest BCUT2D eigenvalue weighted by atomic mass is 16.5. The number of aldehydes is 1. The van der Waals surface area contributed by atoms with Crippen LogP contribution in [0.4, 0.5) is 5.69 Å². The minimum absolute atomic E-state index is 0.242. The summed E-state index contributed by atoms with van der Waals surface area (Å²) in [6, 6.07) is 16.1. The maximum absolute atomic E-state index is 12.3. The molecule has 6 nitrogen and oxygen atoms in total. The molecule has 1 N–H and O–H groups in total. The second kappa shape index (κ2) is 8.23. The van der Waals surface area contributed by atoms with Crippen molar-refractivity contribution in [3.8, 4) is 17.2 Å². The van der Waals surface area contributed by atoms with E-state index in [9.17, 15) is 9.59 Å². The molecule has 0 aliphatic heterocycles. The quantitative estimate of drug-likeness (QED) is 0.647. The molecule has 0 aliphatic carbocycles. The van der Waals surface area contributed by atoms with E-state index < -0.39 is 0 Å². The third-order valence-electron chi connectivity index (χ3n) is 4.09. The van der Waals surface area contributed by atoms with Crippen molar-refractivity contribution in [3.63, 3.8) is 0 Å². The first kappa shape index (κ1) is 18.3. The number of hydrogen-bond donors (Lipinski definition) is 1. The van der Waals surface area contributed by atoms with Crippen LogP contribution in [0, 0.1) is 0 Å². The smallest absolute Gasteiger partial charge is 0.262 e. The average Bonchev–Trinajstić information content (AvgIpc) is 2.71. The molecule has 0 aromatic heterocycles. The molecule has 27 heavy (non-hydrogen) atoms. The van der Waals surface area contributed by atoms with Crippen LogP contribution >= 0.6 is 0 Å². The van der Waals surface area contributed by atoms with Gasteiger partial charge in [0.05, 0.1) is 25.5 Å². The van der Waals surface area contributed by atoms with Gasteiger partial charge in [-0.05, 0) is 29.0 Å². The van der Waals surface area contributed by atoms with Crippen LogP contribution in [-0.4, -0.2) is 33.0 Å². The normalized spacial score (nSPS) is 10.3. The summed E-state index contributed by atoms with van der Waals surface area (Å²) in [6.45, 7) is -0.242. The zero-order valence-electron chi connectivity index (χ0n) is 15.0. The number of nitrogens with one attached hydrogen (secondary N) is 1. The number of anilines is 1. The van der Waals surface area contributed by atoms with Crippen molar-refractivity contribution in [1.82, 2.24) is 0 Å². The van der Waals surface area contributed by atoms with Gasteiger partial charge in [-0.3, -0.25) is 9.59 Å². The first-order valence-corrected chi connectivity index (χ1v) is 8.28. The van der Waals surface area contributed by atoms with Crippen molar-refractivity contribution >= 4 is 28.7 Å². The Labute approximate surface area is 156 Å². The largest absolute Gasteiger partial charge is 0.497 e. The number of amides is 1. The second-order valence-electron chi connectivity index (χ2n) is 5.72. The van der Waals surface area contributed by atoms with Crippen molar-refractivity contribution in [1.29, 1.82) is 0 Å². The number of rotatable bonds is 7. The summed E-state index contributed by atoms with van der Waals surface area (Å²) >= 11 is 0. The number of hydrogen-bond acceptors (Lipinski definition) is 5. The summed E-state index contributed by atoms with van der Waals surface area (Å²) in [5.74, 6) is 1.08. The highest BCUT2D eigenvalue weighted by Gasteiger charge is 2.12. The highest BCUT2D eigenvalue weighted by Crippen LogP contribution is 2.29. The number of methoxy groups -OCH3 is 2. The van der Waals surface area contributed by atoms with E-state index in [4.69, 9.17) is 14.2 Å². The number of carbonyl (C=O) groups excluding carboxylic acids is 2. The summed E-state index contributed by atoms with van der Waals surface area (Å²) < 4.78 is 16.0. The predicted molar refractivity (Wildman–Crippen MR) is 103 cm³/mol. The lowest BCUT2D eigenvalue weighted by atomic mass is 10.0. The Hall–Kier alpha value is -3.54. The minimum Gasteiger partial charge on any atom is -0.497 e. The Morgan fingerprint density at radius 2 is 1.81 bits per heavy atom. The predicted octanol–water partition coefficient (Wildman–Crippen LogP) is 3.69. The summed E-state index contributed by atoms with van der Waals surface area (Å²) in [5, 5.41) is 4.43. The van der Waals surface area contributed by atoms with Crippen LogP contribution in [0.2, 0.25) is 0 Å². The fourth-order valence-corrected chi connectivity index (χ4v) is 2.75. The number of carbonyl (C=O) groups is 2. The molecular formula is C21H19NO5. The van der Waals surface area contributed by atoms with Crippen LogP contribution in [-0.2, 0) is 4.79 Å². The van der Waals surface area contributed by atoms with Gasteiger partial charge in [0.15, 0.2) is 12.9 Å². The Morgan fingerprint density at radius 1 is 1.00 bits per heavy atom. The third-order valence-corrected chi connectivity index (χ3v) is 4.09. The Morgan fingerprint density at radius 3 is 2.56 bits per heavy atom. The highest BCUT2D eigenvalue weighted by molar-refractivity contribution is 6.01. The maximum Gasteiger partial charge on any atom is 0.262 e. The lowest BCUT2D eigenvalue weighted by molar-refractivity contribution is -0.118. The summed E-state index contributed by atoms with van der Waals surface area (Å²) in [7, 11) is 3.06. The van der Waals surface area contributed by atoms with Gasteiger partial charge >= 0.3 is 0 Å². The Bertz CT molecular complexity index is 983. The molecule has 0 bridgehead atoms. The van der Waals surface area contributed by atoms with Gasteiger partial charge < -0.3 is 19.5 Å². The standard InChI is InChI=1S/C21H19NO5/c1-25-15-8-9-18(20(11-15)26-2)22-21(24)13-27-19-10-7-14-5-3-4-6-16(14)17(19)12-23/h3-12H,13H2,1-2H3,(H,22,24). The molecule has 3 aromatic carbocycles. The molecule has 138 valence electrons. The number of ether oxygens (including phenoxy) is 3. The summed E-state index contributed by atoms with van der Waals surface area (Å²) in [6.07, 6.45) is 0.738. The van der Waals surface area contributed by atoms with Crippen LogP contribution in [0.25, 0.3) is 10.8 Å². The topological polar surface area (TPSA) is 73.9 Å². The molecule has 0 aliphatic rings. The van der Waals surface area contributed by atoms with Gasteiger partial charge in [-0.25, -0.2) is 0 Å². The molecule has 0 saturated carbocycles. The SMILES string of the molecule is COc1ccc(NC(=O)COc2ccc3ccccc3c2C=O)c(OC)c1. The van der Waals surface area contributed by atoms with Crippen LogP contribution in [0.1, 0.15) is 10.4 Å². The van der Waals surface area contributed by atoms with Gasteiger partial charge in [0, 0.05) is 6.07 Å². The monoisotopic (exact) mass is 365 g/mol. The minimum atomic E-state index is -0.372. The third kappa shape index (κ3) is 4.00. The van der Waals surface area contributed by atoms with Gasteiger partial charge in [0.1, 0.15) is 17.2 Å². The molecule has 0 saturated heterocycles. The van der Waals surface area contributed by atoms with E-state index >= 15 is 0 Å². The summed E-state index contributed by atoms with van der Waals surface area (Å²) in [5.41, 5.74) is 0.920. The molecule has 6 heteroatoms. The van der Waals surface area contributed by atoms with Crippen molar-refractivity contribution in [3.05, 3.63) is 60.2 Å².